The molecule has 0 saturated carbocycles. The van der Waals surface area contributed by atoms with E-state index in [2.05, 4.69) is 10.1 Å². The van der Waals surface area contributed by atoms with E-state index in [-0.39, 0.29) is 24.2 Å². The van der Waals surface area contributed by atoms with Crippen molar-refractivity contribution in [2.45, 2.75) is 25.3 Å². The first kappa shape index (κ1) is 20.0. The van der Waals surface area contributed by atoms with Crippen molar-refractivity contribution in [1.29, 1.82) is 0 Å². The quantitative estimate of drug-likeness (QED) is 0.649. The van der Waals surface area contributed by atoms with Crippen LogP contribution in [0.25, 0.3) is 11.1 Å². The van der Waals surface area contributed by atoms with E-state index in [1.807, 2.05) is 30.0 Å². The van der Waals surface area contributed by atoms with Gasteiger partial charge >= 0.3 is 0 Å². The summed E-state index contributed by atoms with van der Waals surface area (Å²) in [5.74, 6) is 0.307. The third kappa shape index (κ3) is 4.17. The zero-order valence-corrected chi connectivity index (χ0v) is 17.2. The van der Waals surface area contributed by atoms with Gasteiger partial charge < -0.3 is 9.80 Å². The molecule has 1 aliphatic heterocycles. The number of hydrogen-bond acceptors (Lipinski definition) is 5. The number of aromatic nitrogens is 4. The van der Waals surface area contributed by atoms with Gasteiger partial charge in [0.05, 0.1) is 5.69 Å². The number of carbonyl (C=O) groups excluding carboxylic acids is 1. The van der Waals surface area contributed by atoms with E-state index >= 15 is 0 Å². The van der Waals surface area contributed by atoms with Crippen LogP contribution >= 0.6 is 0 Å². The van der Waals surface area contributed by atoms with Gasteiger partial charge in [-0.15, -0.1) is 0 Å². The van der Waals surface area contributed by atoms with Gasteiger partial charge in [0.1, 0.15) is 12.4 Å². The minimum absolute atomic E-state index is 0.0108. The molecule has 156 valence electrons. The summed E-state index contributed by atoms with van der Waals surface area (Å²) in [5, 5.41) is 4.12. The lowest BCUT2D eigenvalue weighted by molar-refractivity contribution is -0.133. The first-order chi connectivity index (χ1) is 14.5. The number of piperidine rings is 1. The van der Waals surface area contributed by atoms with Crippen LogP contribution in [0.15, 0.2) is 48.9 Å². The number of likely N-dealkylation sites (tertiary alicyclic amines) is 1. The van der Waals surface area contributed by atoms with Crippen LogP contribution in [-0.4, -0.2) is 57.7 Å². The van der Waals surface area contributed by atoms with Crippen LogP contribution < -0.4 is 4.90 Å². The van der Waals surface area contributed by atoms with E-state index < -0.39 is 0 Å². The van der Waals surface area contributed by atoms with E-state index in [0.29, 0.717) is 30.2 Å². The highest BCUT2D eigenvalue weighted by atomic mass is 19.1. The normalized spacial score (nSPS) is 16.5. The van der Waals surface area contributed by atoms with Gasteiger partial charge in [0.2, 0.25) is 11.9 Å². The molecule has 2 aromatic heterocycles. The lowest BCUT2D eigenvalue weighted by atomic mass is 9.89. The van der Waals surface area contributed by atoms with Gasteiger partial charge in [-0.2, -0.15) is 5.10 Å². The standard InChI is InChI=1S/C22H25FN6O/c1-27(2)22-24-13-18(17-8-3-4-9-19(17)23)21(26-22)16-7-5-11-28(14-16)20(30)15-29-12-6-10-25-29/h3-4,6,8-10,12-13,16H,5,7,11,14-15H2,1-2H3/t16-/m0/s1. The molecule has 1 fully saturated rings. The minimum atomic E-state index is -0.303. The van der Waals surface area contributed by atoms with Crippen LogP contribution in [0.3, 0.4) is 0 Å². The molecular formula is C22H25FN6O. The molecule has 8 heteroatoms. The van der Waals surface area contributed by atoms with Crippen LogP contribution in [0.1, 0.15) is 24.5 Å². The maximum absolute atomic E-state index is 14.6. The molecule has 0 spiro atoms. The van der Waals surface area contributed by atoms with Gasteiger partial charge in [-0.05, 0) is 25.0 Å². The molecule has 1 saturated heterocycles. The SMILES string of the molecule is CN(C)c1ncc(-c2ccccc2F)c([C@H]2CCCN(C(=O)Cn3cccn3)C2)n1. The molecule has 4 rings (SSSR count). The van der Waals surface area contributed by atoms with E-state index in [1.165, 1.54) is 6.07 Å². The topological polar surface area (TPSA) is 67.2 Å². The Bertz CT molecular complexity index is 1020. The van der Waals surface area contributed by atoms with Gasteiger partial charge in [0.25, 0.3) is 0 Å². The predicted molar refractivity (Wildman–Crippen MR) is 113 cm³/mol. The molecule has 7 nitrogen and oxygen atoms in total. The number of hydrogen-bond donors (Lipinski definition) is 0. The van der Waals surface area contributed by atoms with Gasteiger partial charge in [-0.25, -0.2) is 14.4 Å². The Balaban J connectivity index is 1.65. The summed E-state index contributed by atoms with van der Waals surface area (Å²) in [7, 11) is 3.76. The number of carbonyl (C=O) groups is 1. The lowest BCUT2D eigenvalue weighted by Gasteiger charge is -2.33. The van der Waals surface area contributed by atoms with Gasteiger partial charge in [-0.3, -0.25) is 9.48 Å². The van der Waals surface area contributed by atoms with Gasteiger partial charge in [0.15, 0.2) is 0 Å². The van der Waals surface area contributed by atoms with Crippen molar-refractivity contribution in [3.63, 3.8) is 0 Å². The maximum Gasteiger partial charge on any atom is 0.244 e. The molecule has 1 amide bonds. The fraction of sp³-hybridized carbons (Fsp3) is 0.364. The van der Waals surface area contributed by atoms with E-state index in [9.17, 15) is 9.18 Å². The summed E-state index contributed by atoms with van der Waals surface area (Å²) in [5.41, 5.74) is 1.96. The molecule has 30 heavy (non-hydrogen) atoms. The molecule has 0 aliphatic carbocycles. The molecule has 3 aromatic rings. The summed E-state index contributed by atoms with van der Waals surface area (Å²) < 4.78 is 16.2. The predicted octanol–water partition coefficient (Wildman–Crippen LogP) is 2.95. The average molecular weight is 408 g/mol. The third-order valence-electron chi connectivity index (χ3n) is 5.39. The van der Waals surface area contributed by atoms with Crippen molar-refractivity contribution in [1.82, 2.24) is 24.6 Å². The Kier molecular flexibility index (Phi) is 5.74. The molecular weight excluding hydrogens is 383 g/mol. The number of anilines is 1. The van der Waals surface area contributed by atoms with E-state index in [4.69, 9.17) is 4.98 Å². The highest BCUT2D eigenvalue weighted by Crippen LogP contribution is 2.35. The van der Waals surface area contributed by atoms with Crippen molar-refractivity contribution in [3.8, 4) is 11.1 Å². The number of rotatable bonds is 5. The van der Waals surface area contributed by atoms with Crippen molar-refractivity contribution < 1.29 is 9.18 Å². The van der Waals surface area contributed by atoms with Crippen molar-refractivity contribution in [2.24, 2.45) is 0 Å². The molecule has 1 aromatic carbocycles. The molecule has 3 heterocycles. The second kappa shape index (κ2) is 8.61. The monoisotopic (exact) mass is 408 g/mol. The number of halogens is 1. The summed E-state index contributed by atoms with van der Waals surface area (Å²) in [4.78, 5) is 25.7. The first-order valence-electron chi connectivity index (χ1n) is 10.1. The lowest BCUT2D eigenvalue weighted by Crippen LogP contribution is -2.41. The summed E-state index contributed by atoms with van der Waals surface area (Å²) in [6.07, 6.45) is 6.89. The first-order valence-corrected chi connectivity index (χ1v) is 10.1. The number of benzene rings is 1. The molecule has 0 bridgehead atoms. The number of nitrogens with zero attached hydrogens (tertiary/aromatic N) is 6. The molecule has 0 N–H and O–H groups in total. The second-order valence-corrected chi connectivity index (χ2v) is 7.73. The molecule has 1 aliphatic rings. The summed E-state index contributed by atoms with van der Waals surface area (Å²) >= 11 is 0. The fourth-order valence-corrected chi connectivity index (χ4v) is 3.86. The third-order valence-corrected chi connectivity index (χ3v) is 5.39. The van der Waals surface area contributed by atoms with E-state index in [0.717, 1.165) is 18.5 Å². The van der Waals surface area contributed by atoms with Crippen molar-refractivity contribution in [3.05, 3.63) is 60.4 Å². The zero-order chi connectivity index (χ0) is 21.1. The molecule has 1 atom stereocenters. The second-order valence-electron chi connectivity index (χ2n) is 7.73. The minimum Gasteiger partial charge on any atom is -0.347 e. The van der Waals surface area contributed by atoms with Crippen LogP contribution in [0.5, 0.6) is 0 Å². The summed E-state index contributed by atoms with van der Waals surface area (Å²) in [6, 6.07) is 8.47. The zero-order valence-electron chi connectivity index (χ0n) is 17.2. The van der Waals surface area contributed by atoms with Gasteiger partial charge in [-0.1, -0.05) is 18.2 Å². The summed E-state index contributed by atoms with van der Waals surface area (Å²) in [6.45, 7) is 1.47. The molecule has 0 radical (unpaired) electrons. The molecule has 0 unspecified atom stereocenters. The maximum atomic E-state index is 14.6. The van der Waals surface area contributed by atoms with Crippen LogP contribution in [0, 0.1) is 5.82 Å². The van der Waals surface area contributed by atoms with Crippen LogP contribution in [0.4, 0.5) is 10.3 Å². The van der Waals surface area contributed by atoms with Crippen molar-refractivity contribution >= 4 is 11.9 Å². The average Bonchev–Trinajstić information content (AvgIpc) is 3.27. The Morgan fingerprint density at radius 2 is 2.07 bits per heavy atom. The smallest absolute Gasteiger partial charge is 0.244 e. The van der Waals surface area contributed by atoms with Gasteiger partial charge in [0, 0.05) is 62.8 Å². The number of amides is 1. The Hall–Kier alpha value is -3.29. The Labute approximate surface area is 175 Å². The largest absolute Gasteiger partial charge is 0.347 e. The Morgan fingerprint density at radius 1 is 1.23 bits per heavy atom. The van der Waals surface area contributed by atoms with E-state index in [1.54, 1.807) is 41.5 Å². The van der Waals surface area contributed by atoms with Crippen LogP contribution in [-0.2, 0) is 11.3 Å². The van der Waals surface area contributed by atoms with Crippen LogP contribution in [0.2, 0.25) is 0 Å². The highest BCUT2D eigenvalue weighted by molar-refractivity contribution is 5.76. The highest BCUT2D eigenvalue weighted by Gasteiger charge is 2.29. The fourth-order valence-electron chi connectivity index (χ4n) is 3.86. The Morgan fingerprint density at radius 3 is 2.80 bits per heavy atom. The van der Waals surface area contributed by atoms with Crippen molar-refractivity contribution in [2.75, 3.05) is 32.1 Å².